The van der Waals surface area contributed by atoms with E-state index in [4.69, 9.17) is 0 Å². The molecule has 0 atom stereocenters. The molecule has 0 aliphatic carbocycles. The topological polar surface area (TPSA) is 78.5 Å². The Hall–Kier alpha value is -3.29. The number of benzene rings is 2. The Bertz CT molecular complexity index is 855. The van der Waals surface area contributed by atoms with Crippen molar-refractivity contribution in [3.8, 4) is 0 Å². The third-order valence-electron chi connectivity index (χ3n) is 3.36. The zero-order chi connectivity index (χ0) is 19.3. The summed E-state index contributed by atoms with van der Waals surface area (Å²) in [6.45, 7) is 2.30. The minimum absolute atomic E-state index is 0.0735. The lowest BCUT2D eigenvalue weighted by molar-refractivity contribution is -0.120. The molecule has 2 aromatic rings. The van der Waals surface area contributed by atoms with Gasteiger partial charge >= 0.3 is 0 Å². The molecule has 2 rings (SSSR count). The number of halogens is 2. The standard InChI is InChI=1S/C18H17F2N3O3/c1-11(24)21-13-4-3-5-15(8-13)23(12(2)25)10-18(26)22-14-6-7-16(19)17(20)9-14/h3-9H,10H2,1-2H3,(H,21,24)(H,22,26). The van der Waals surface area contributed by atoms with Gasteiger partial charge in [0.2, 0.25) is 17.7 Å². The molecule has 0 aliphatic heterocycles. The summed E-state index contributed by atoms with van der Waals surface area (Å²) in [6, 6.07) is 9.39. The van der Waals surface area contributed by atoms with E-state index in [1.807, 2.05) is 0 Å². The molecule has 0 bridgehead atoms. The number of carbonyl (C=O) groups is 3. The van der Waals surface area contributed by atoms with Gasteiger partial charge in [-0.2, -0.15) is 0 Å². The molecule has 0 aliphatic rings. The summed E-state index contributed by atoms with van der Waals surface area (Å²) in [6.07, 6.45) is 0. The van der Waals surface area contributed by atoms with E-state index in [0.29, 0.717) is 11.4 Å². The fourth-order valence-electron chi connectivity index (χ4n) is 2.26. The highest BCUT2D eigenvalue weighted by atomic mass is 19.2. The van der Waals surface area contributed by atoms with E-state index in [0.717, 1.165) is 12.1 Å². The van der Waals surface area contributed by atoms with E-state index in [-0.39, 0.29) is 18.1 Å². The van der Waals surface area contributed by atoms with Crippen molar-refractivity contribution in [1.29, 1.82) is 0 Å². The van der Waals surface area contributed by atoms with Crippen LogP contribution in [0.3, 0.4) is 0 Å². The van der Waals surface area contributed by atoms with Gasteiger partial charge in [0.05, 0.1) is 0 Å². The first kappa shape index (κ1) is 19.0. The van der Waals surface area contributed by atoms with Gasteiger partial charge in [0.25, 0.3) is 0 Å². The Morgan fingerprint density at radius 3 is 2.23 bits per heavy atom. The zero-order valence-electron chi connectivity index (χ0n) is 14.2. The van der Waals surface area contributed by atoms with E-state index >= 15 is 0 Å². The number of anilines is 3. The van der Waals surface area contributed by atoms with Crippen LogP contribution in [0.5, 0.6) is 0 Å². The second kappa shape index (κ2) is 8.19. The maximum Gasteiger partial charge on any atom is 0.244 e. The number of nitrogens with one attached hydrogen (secondary N) is 2. The molecule has 8 heteroatoms. The molecule has 0 saturated heterocycles. The summed E-state index contributed by atoms with van der Waals surface area (Å²) in [4.78, 5) is 36.4. The van der Waals surface area contributed by atoms with Gasteiger partial charge in [-0.05, 0) is 30.3 Å². The molecule has 2 aromatic carbocycles. The summed E-state index contributed by atoms with van der Waals surface area (Å²) in [5, 5.41) is 4.99. The average Bonchev–Trinajstić information content (AvgIpc) is 2.55. The minimum Gasteiger partial charge on any atom is -0.326 e. The number of carbonyl (C=O) groups excluding carboxylic acids is 3. The van der Waals surface area contributed by atoms with Gasteiger partial charge in [-0.25, -0.2) is 8.78 Å². The van der Waals surface area contributed by atoms with Crippen LogP contribution in [0.15, 0.2) is 42.5 Å². The van der Waals surface area contributed by atoms with Gasteiger partial charge in [-0.1, -0.05) is 6.07 Å². The molecule has 0 heterocycles. The highest BCUT2D eigenvalue weighted by molar-refractivity contribution is 6.02. The molecule has 0 unspecified atom stereocenters. The smallest absolute Gasteiger partial charge is 0.244 e. The van der Waals surface area contributed by atoms with E-state index in [9.17, 15) is 23.2 Å². The lowest BCUT2D eigenvalue weighted by Gasteiger charge is -2.21. The van der Waals surface area contributed by atoms with Gasteiger partial charge < -0.3 is 15.5 Å². The van der Waals surface area contributed by atoms with Gasteiger partial charge in [0.1, 0.15) is 6.54 Å². The summed E-state index contributed by atoms with van der Waals surface area (Å²) in [5.74, 6) is -3.37. The Morgan fingerprint density at radius 1 is 0.923 bits per heavy atom. The molecular formula is C18H17F2N3O3. The largest absolute Gasteiger partial charge is 0.326 e. The number of rotatable bonds is 5. The van der Waals surface area contributed by atoms with E-state index in [1.165, 1.54) is 24.8 Å². The normalized spacial score (nSPS) is 10.2. The number of nitrogens with zero attached hydrogens (tertiary/aromatic N) is 1. The number of amides is 3. The third kappa shape index (κ3) is 5.10. The second-order valence-electron chi connectivity index (χ2n) is 5.51. The Labute approximate surface area is 148 Å². The van der Waals surface area contributed by atoms with Crippen molar-refractivity contribution in [2.24, 2.45) is 0 Å². The van der Waals surface area contributed by atoms with Crippen LogP contribution in [-0.2, 0) is 14.4 Å². The van der Waals surface area contributed by atoms with Crippen LogP contribution in [0.4, 0.5) is 25.8 Å². The van der Waals surface area contributed by atoms with E-state index in [1.54, 1.807) is 24.3 Å². The summed E-state index contributed by atoms with van der Waals surface area (Å²) in [5.41, 5.74) is 0.954. The molecule has 0 spiro atoms. The summed E-state index contributed by atoms with van der Waals surface area (Å²) in [7, 11) is 0. The SMILES string of the molecule is CC(=O)Nc1cccc(N(CC(=O)Nc2ccc(F)c(F)c2)C(C)=O)c1. The maximum atomic E-state index is 13.2. The fourth-order valence-corrected chi connectivity index (χ4v) is 2.26. The molecule has 0 saturated carbocycles. The molecule has 6 nitrogen and oxygen atoms in total. The predicted octanol–water partition coefficient (Wildman–Crippen LogP) is 2.91. The average molecular weight is 361 g/mol. The lowest BCUT2D eigenvalue weighted by atomic mass is 10.2. The molecule has 0 radical (unpaired) electrons. The van der Waals surface area contributed by atoms with Crippen LogP contribution in [0.2, 0.25) is 0 Å². The van der Waals surface area contributed by atoms with Crippen LogP contribution in [0.1, 0.15) is 13.8 Å². The number of hydrogen-bond donors (Lipinski definition) is 2. The van der Waals surface area contributed by atoms with Crippen LogP contribution in [-0.4, -0.2) is 24.3 Å². The van der Waals surface area contributed by atoms with Gasteiger partial charge in [0.15, 0.2) is 11.6 Å². The first-order chi connectivity index (χ1) is 12.3. The van der Waals surface area contributed by atoms with Crippen LogP contribution in [0, 0.1) is 11.6 Å². The van der Waals surface area contributed by atoms with Gasteiger partial charge in [0, 0.05) is 37.0 Å². The van der Waals surface area contributed by atoms with Crippen LogP contribution < -0.4 is 15.5 Å². The lowest BCUT2D eigenvalue weighted by Crippen LogP contribution is -2.36. The molecule has 3 amide bonds. The van der Waals surface area contributed by atoms with Crippen LogP contribution >= 0.6 is 0 Å². The van der Waals surface area contributed by atoms with E-state index < -0.39 is 23.4 Å². The Kier molecular flexibility index (Phi) is 6.00. The van der Waals surface area contributed by atoms with Gasteiger partial charge in [-0.3, -0.25) is 14.4 Å². The highest BCUT2D eigenvalue weighted by Crippen LogP contribution is 2.20. The molecule has 136 valence electrons. The summed E-state index contributed by atoms with van der Waals surface area (Å²) >= 11 is 0. The highest BCUT2D eigenvalue weighted by Gasteiger charge is 2.17. The maximum absolute atomic E-state index is 13.2. The quantitative estimate of drug-likeness (QED) is 0.860. The Morgan fingerprint density at radius 2 is 1.62 bits per heavy atom. The van der Waals surface area contributed by atoms with Crippen molar-refractivity contribution in [3.63, 3.8) is 0 Å². The monoisotopic (exact) mass is 361 g/mol. The predicted molar refractivity (Wildman–Crippen MR) is 93.8 cm³/mol. The molecule has 0 aromatic heterocycles. The first-order valence-corrected chi connectivity index (χ1v) is 7.67. The van der Waals surface area contributed by atoms with Crippen molar-refractivity contribution < 1.29 is 23.2 Å². The second-order valence-corrected chi connectivity index (χ2v) is 5.51. The Balaban J connectivity index is 2.14. The zero-order valence-corrected chi connectivity index (χ0v) is 14.2. The third-order valence-corrected chi connectivity index (χ3v) is 3.36. The molecule has 26 heavy (non-hydrogen) atoms. The summed E-state index contributed by atoms with van der Waals surface area (Å²) < 4.78 is 26.1. The molecular weight excluding hydrogens is 344 g/mol. The van der Waals surface area contributed by atoms with Crippen LogP contribution in [0.25, 0.3) is 0 Å². The van der Waals surface area contributed by atoms with Crippen molar-refractivity contribution >= 4 is 34.8 Å². The minimum atomic E-state index is -1.09. The molecule has 2 N–H and O–H groups in total. The van der Waals surface area contributed by atoms with Gasteiger partial charge in [-0.15, -0.1) is 0 Å². The van der Waals surface area contributed by atoms with Crippen molar-refractivity contribution in [2.45, 2.75) is 13.8 Å². The van der Waals surface area contributed by atoms with Crippen molar-refractivity contribution in [1.82, 2.24) is 0 Å². The molecule has 0 fully saturated rings. The van der Waals surface area contributed by atoms with Crippen molar-refractivity contribution in [3.05, 3.63) is 54.1 Å². The fraction of sp³-hybridized carbons (Fsp3) is 0.167. The van der Waals surface area contributed by atoms with E-state index in [2.05, 4.69) is 10.6 Å². The number of hydrogen-bond acceptors (Lipinski definition) is 3. The first-order valence-electron chi connectivity index (χ1n) is 7.67. The van der Waals surface area contributed by atoms with Crippen molar-refractivity contribution in [2.75, 3.05) is 22.1 Å².